The van der Waals surface area contributed by atoms with Gasteiger partial charge in [-0.2, -0.15) is 0 Å². The molecule has 0 spiro atoms. The van der Waals surface area contributed by atoms with E-state index in [0.29, 0.717) is 19.7 Å². The molecule has 1 aliphatic rings. The minimum absolute atomic E-state index is 0.0941. The van der Waals surface area contributed by atoms with Crippen molar-refractivity contribution >= 4 is 17.6 Å². The molecule has 0 aliphatic carbocycles. The molecule has 1 N–H and O–H groups in total. The predicted octanol–water partition coefficient (Wildman–Crippen LogP) is 3.34. The second kappa shape index (κ2) is 8.74. The number of ether oxygens (including phenoxy) is 1. The van der Waals surface area contributed by atoms with Crippen molar-refractivity contribution in [2.45, 2.75) is 52.6 Å². The monoisotopic (exact) mass is 347 g/mol. The molecular formula is C19H29N3O3. The Morgan fingerprint density at radius 1 is 1.24 bits per heavy atom. The Kier molecular flexibility index (Phi) is 6.67. The van der Waals surface area contributed by atoms with Crippen LogP contribution < -0.4 is 10.1 Å². The zero-order chi connectivity index (χ0) is 18.4. The molecule has 0 atom stereocenters. The van der Waals surface area contributed by atoms with E-state index < -0.39 is 0 Å². The number of piperidine rings is 1. The Morgan fingerprint density at radius 2 is 1.84 bits per heavy atom. The van der Waals surface area contributed by atoms with E-state index in [1.807, 2.05) is 54.8 Å². The summed E-state index contributed by atoms with van der Waals surface area (Å²) in [7, 11) is 0. The topological polar surface area (TPSA) is 61.9 Å². The van der Waals surface area contributed by atoms with E-state index in [0.717, 1.165) is 24.3 Å². The molecule has 0 unspecified atom stereocenters. The number of benzene rings is 1. The van der Waals surface area contributed by atoms with Crippen LogP contribution in [0.15, 0.2) is 24.3 Å². The van der Waals surface area contributed by atoms with Crippen molar-refractivity contribution in [3.05, 3.63) is 24.3 Å². The minimum atomic E-state index is -0.0968. The van der Waals surface area contributed by atoms with E-state index in [9.17, 15) is 9.59 Å². The fourth-order valence-corrected chi connectivity index (χ4v) is 3.27. The Morgan fingerprint density at radius 3 is 2.32 bits per heavy atom. The van der Waals surface area contributed by atoms with Gasteiger partial charge >= 0.3 is 6.03 Å². The van der Waals surface area contributed by atoms with Gasteiger partial charge in [0.05, 0.1) is 6.61 Å². The molecule has 1 fully saturated rings. The van der Waals surface area contributed by atoms with Gasteiger partial charge in [0, 0.05) is 37.8 Å². The van der Waals surface area contributed by atoms with Crippen LogP contribution in [0.1, 0.15) is 40.5 Å². The number of urea groups is 1. The molecule has 138 valence electrons. The number of amides is 3. The molecule has 0 radical (unpaired) electrons. The summed E-state index contributed by atoms with van der Waals surface area (Å²) in [6.45, 7) is 9.61. The summed E-state index contributed by atoms with van der Waals surface area (Å²) in [5.74, 6) is 0.895. The number of nitrogens with zero attached hydrogens (tertiary/aromatic N) is 2. The number of likely N-dealkylation sites (tertiary alicyclic amines) is 1. The molecule has 0 saturated carbocycles. The predicted molar refractivity (Wildman–Crippen MR) is 98.9 cm³/mol. The molecule has 0 aromatic heterocycles. The lowest BCUT2D eigenvalue weighted by atomic mass is 10.0. The van der Waals surface area contributed by atoms with Crippen molar-refractivity contribution in [3.63, 3.8) is 0 Å². The van der Waals surface area contributed by atoms with Crippen molar-refractivity contribution in [2.75, 3.05) is 25.0 Å². The summed E-state index contributed by atoms with van der Waals surface area (Å²) in [4.78, 5) is 28.0. The number of hydrogen-bond donors (Lipinski definition) is 1. The molecule has 1 aromatic carbocycles. The van der Waals surface area contributed by atoms with E-state index in [1.54, 1.807) is 6.92 Å². The zero-order valence-corrected chi connectivity index (χ0v) is 15.6. The van der Waals surface area contributed by atoms with Crippen LogP contribution >= 0.6 is 0 Å². The molecule has 1 saturated heterocycles. The quantitative estimate of drug-likeness (QED) is 0.888. The van der Waals surface area contributed by atoms with Crippen molar-refractivity contribution in [1.82, 2.24) is 9.80 Å². The highest BCUT2D eigenvalue weighted by Gasteiger charge is 2.30. The number of hydrogen-bond acceptors (Lipinski definition) is 3. The number of rotatable bonds is 5. The largest absolute Gasteiger partial charge is 0.494 e. The lowest BCUT2D eigenvalue weighted by Gasteiger charge is -2.40. The highest BCUT2D eigenvalue weighted by atomic mass is 16.5. The van der Waals surface area contributed by atoms with Crippen molar-refractivity contribution in [3.8, 4) is 5.75 Å². The van der Waals surface area contributed by atoms with Gasteiger partial charge in [-0.05, 0) is 57.9 Å². The van der Waals surface area contributed by atoms with E-state index in [4.69, 9.17) is 4.74 Å². The van der Waals surface area contributed by atoms with Crippen LogP contribution in [0.25, 0.3) is 0 Å². The molecule has 25 heavy (non-hydrogen) atoms. The third kappa shape index (κ3) is 5.11. The van der Waals surface area contributed by atoms with Gasteiger partial charge in [0.1, 0.15) is 5.75 Å². The summed E-state index contributed by atoms with van der Waals surface area (Å²) >= 11 is 0. The second-order valence-electron chi connectivity index (χ2n) is 6.63. The summed E-state index contributed by atoms with van der Waals surface area (Å²) < 4.78 is 5.42. The first-order valence-corrected chi connectivity index (χ1v) is 9.00. The molecule has 0 bridgehead atoms. The maximum Gasteiger partial charge on any atom is 0.322 e. The van der Waals surface area contributed by atoms with Gasteiger partial charge in [-0.1, -0.05) is 0 Å². The van der Waals surface area contributed by atoms with Crippen molar-refractivity contribution in [1.29, 1.82) is 0 Å². The van der Waals surface area contributed by atoms with Crippen LogP contribution in [0.4, 0.5) is 10.5 Å². The van der Waals surface area contributed by atoms with Crippen LogP contribution in [0, 0.1) is 0 Å². The maximum atomic E-state index is 12.8. The van der Waals surface area contributed by atoms with Gasteiger partial charge < -0.3 is 19.9 Å². The van der Waals surface area contributed by atoms with E-state index in [1.165, 1.54) is 0 Å². The number of anilines is 1. The van der Waals surface area contributed by atoms with Crippen molar-refractivity contribution < 1.29 is 14.3 Å². The zero-order valence-electron chi connectivity index (χ0n) is 15.6. The summed E-state index contributed by atoms with van der Waals surface area (Å²) in [5, 5.41) is 2.97. The highest BCUT2D eigenvalue weighted by molar-refractivity contribution is 5.89. The van der Waals surface area contributed by atoms with E-state index in [-0.39, 0.29) is 24.0 Å². The Labute approximate surface area is 150 Å². The van der Waals surface area contributed by atoms with Crippen molar-refractivity contribution in [2.24, 2.45) is 0 Å². The standard InChI is InChI=1S/C19H29N3O3/c1-5-25-18-8-6-16(7-9-18)20-19(24)22(14(2)3)17-10-12-21(13-11-17)15(4)23/h6-9,14,17H,5,10-13H2,1-4H3,(H,20,24). The smallest absolute Gasteiger partial charge is 0.322 e. The molecule has 6 nitrogen and oxygen atoms in total. The average molecular weight is 347 g/mol. The van der Waals surface area contributed by atoms with Gasteiger partial charge in [-0.3, -0.25) is 4.79 Å². The molecular weight excluding hydrogens is 318 g/mol. The van der Waals surface area contributed by atoms with Gasteiger partial charge in [-0.15, -0.1) is 0 Å². The summed E-state index contributed by atoms with van der Waals surface area (Å²) in [6, 6.07) is 7.55. The molecule has 3 amide bonds. The van der Waals surface area contributed by atoms with E-state index >= 15 is 0 Å². The normalized spacial score (nSPS) is 15.2. The van der Waals surface area contributed by atoms with Crippen LogP contribution in [-0.2, 0) is 4.79 Å². The highest BCUT2D eigenvalue weighted by Crippen LogP contribution is 2.21. The van der Waals surface area contributed by atoms with Crippen LogP contribution in [0.5, 0.6) is 5.75 Å². The lowest BCUT2D eigenvalue weighted by Crippen LogP contribution is -2.52. The number of carbonyl (C=O) groups excluding carboxylic acids is 2. The Hall–Kier alpha value is -2.24. The first-order chi connectivity index (χ1) is 11.9. The summed E-state index contributed by atoms with van der Waals surface area (Å²) in [5.41, 5.74) is 0.750. The minimum Gasteiger partial charge on any atom is -0.494 e. The molecule has 6 heteroatoms. The third-order valence-electron chi connectivity index (χ3n) is 4.51. The maximum absolute atomic E-state index is 12.8. The van der Waals surface area contributed by atoms with Gasteiger partial charge in [0.25, 0.3) is 0 Å². The molecule has 1 aromatic rings. The second-order valence-corrected chi connectivity index (χ2v) is 6.63. The third-order valence-corrected chi connectivity index (χ3v) is 4.51. The Bertz CT molecular complexity index is 578. The fraction of sp³-hybridized carbons (Fsp3) is 0.579. The SMILES string of the molecule is CCOc1ccc(NC(=O)N(C(C)C)C2CCN(C(C)=O)CC2)cc1. The molecule has 2 rings (SSSR count). The van der Waals surface area contributed by atoms with Gasteiger partial charge in [-0.25, -0.2) is 4.79 Å². The van der Waals surface area contributed by atoms with E-state index in [2.05, 4.69) is 5.32 Å². The first kappa shape index (κ1) is 19.1. The summed E-state index contributed by atoms with van der Waals surface area (Å²) in [6.07, 6.45) is 1.63. The first-order valence-electron chi connectivity index (χ1n) is 9.00. The number of carbonyl (C=O) groups is 2. The molecule has 1 aliphatic heterocycles. The van der Waals surface area contributed by atoms with Gasteiger partial charge in [0.15, 0.2) is 0 Å². The average Bonchev–Trinajstić information content (AvgIpc) is 2.57. The van der Waals surface area contributed by atoms with Crippen LogP contribution in [0.2, 0.25) is 0 Å². The van der Waals surface area contributed by atoms with Gasteiger partial charge in [0.2, 0.25) is 5.91 Å². The van der Waals surface area contributed by atoms with Crippen LogP contribution in [0.3, 0.4) is 0 Å². The fourth-order valence-electron chi connectivity index (χ4n) is 3.27. The van der Waals surface area contributed by atoms with Crippen LogP contribution in [-0.4, -0.2) is 53.5 Å². The lowest BCUT2D eigenvalue weighted by molar-refractivity contribution is -0.130. The Balaban J connectivity index is 1.99. The number of nitrogens with one attached hydrogen (secondary N) is 1. The molecule has 1 heterocycles.